The Morgan fingerprint density at radius 3 is 2.53 bits per heavy atom. The van der Waals surface area contributed by atoms with Crippen molar-refractivity contribution in [2.24, 2.45) is 0 Å². The molecule has 9 nitrogen and oxygen atoms in total. The van der Waals surface area contributed by atoms with E-state index in [9.17, 15) is 14.4 Å². The maximum Gasteiger partial charge on any atom is 0.325 e. The van der Waals surface area contributed by atoms with E-state index < -0.39 is 17.5 Å². The Kier molecular flexibility index (Phi) is 5.47. The number of rotatable bonds is 5. The van der Waals surface area contributed by atoms with Crippen molar-refractivity contribution in [3.63, 3.8) is 0 Å². The maximum absolute atomic E-state index is 13.2. The van der Waals surface area contributed by atoms with Crippen molar-refractivity contribution >= 4 is 28.9 Å². The predicted molar refractivity (Wildman–Crippen MR) is 123 cm³/mol. The summed E-state index contributed by atoms with van der Waals surface area (Å²) in [4.78, 5) is 46.0. The first-order valence-electron chi connectivity index (χ1n) is 11.3. The maximum atomic E-state index is 13.2. The van der Waals surface area contributed by atoms with Gasteiger partial charge in [0.2, 0.25) is 5.91 Å². The highest BCUT2D eigenvalue weighted by molar-refractivity contribution is 6.09. The Morgan fingerprint density at radius 2 is 1.85 bits per heavy atom. The molecule has 2 aliphatic heterocycles. The number of hydrogen-bond donors (Lipinski definition) is 1. The van der Waals surface area contributed by atoms with Gasteiger partial charge in [-0.05, 0) is 49.6 Å². The summed E-state index contributed by atoms with van der Waals surface area (Å²) in [5.74, 6) is 0.775. The number of hydrogen-bond acceptors (Lipinski definition) is 6. The fourth-order valence-corrected chi connectivity index (χ4v) is 4.64. The zero-order chi connectivity index (χ0) is 23.9. The molecule has 3 heterocycles. The summed E-state index contributed by atoms with van der Waals surface area (Å²) in [6.07, 6.45) is 1.42. The van der Waals surface area contributed by atoms with Gasteiger partial charge in [0.25, 0.3) is 5.91 Å². The highest BCUT2D eigenvalue weighted by Crippen LogP contribution is 2.32. The number of oxazole rings is 1. The third-order valence-electron chi connectivity index (χ3n) is 6.74. The molecule has 0 unspecified atom stereocenters. The van der Waals surface area contributed by atoms with E-state index in [4.69, 9.17) is 9.15 Å². The fourth-order valence-electron chi connectivity index (χ4n) is 4.64. The number of para-hydroxylation sites is 2. The minimum absolute atomic E-state index is 0.131. The third-order valence-corrected chi connectivity index (χ3v) is 6.74. The number of piperidine rings is 1. The average Bonchev–Trinajstić information content (AvgIpc) is 3.39. The molecule has 2 aliphatic rings. The zero-order valence-electron chi connectivity index (χ0n) is 19.1. The molecule has 0 saturated carbocycles. The molecule has 1 N–H and O–H groups in total. The lowest BCUT2D eigenvalue weighted by atomic mass is 9.92. The summed E-state index contributed by atoms with van der Waals surface area (Å²) in [7, 11) is 1.56. The Balaban J connectivity index is 1.22. The number of nitrogens with zero attached hydrogens (tertiary/aromatic N) is 3. The van der Waals surface area contributed by atoms with Crippen LogP contribution >= 0.6 is 0 Å². The molecule has 0 spiro atoms. The summed E-state index contributed by atoms with van der Waals surface area (Å²) in [6, 6.07) is 14.0. The number of benzene rings is 2. The van der Waals surface area contributed by atoms with Gasteiger partial charge in [0.15, 0.2) is 11.5 Å². The standard InChI is InChI=1S/C25H26N4O5/c1-25(17-7-9-18(33-2)10-8-17)23(31)29(24(32)27-25)15-21(30)28-13-11-16(12-14-28)22-26-19-5-3-4-6-20(19)34-22/h3-10,16H,11-15H2,1-2H3,(H,27,32)/t25-/m1/s1. The lowest BCUT2D eigenvalue weighted by Crippen LogP contribution is -2.46. The highest BCUT2D eigenvalue weighted by atomic mass is 16.5. The second-order valence-electron chi connectivity index (χ2n) is 8.85. The van der Waals surface area contributed by atoms with Crippen molar-refractivity contribution in [3.05, 3.63) is 60.0 Å². The number of amides is 4. The largest absolute Gasteiger partial charge is 0.497 e. The topological polar surface area (TPSA) is 105 Å². The van der Waals surface area contributed by atoms with Crippen LogP contribution in [0.5, 0.6) is 5.75 Å². The van der Waals surface area contributed by atoms with Gasteiger partial charge in [-0.3, -0.25) is 14.5 Å². The minimum atomic E-state index is -1.23. The van der Waals surface area contributed by atoms with E-state index in [-0.39, 0.29) is 18.4 Å². The van der Waals surface area contributed by atoms with Gasteiger partial charge in [0.1, 0.15) is 23.3 Å². The first-order valence-corrected chi connectivity index (χ1v) is 11.3. The number of fused-ring (bicyclic) bond motifs is 1. The van der Waals surface area contributed by atoms with E-state index in [1.807, 2.05) is 24.3 Å². The molecule has 4 amide bonds. The normalized spacial score (nSPS) is 21.2. The molecule has 0 aliphatic carbocycles. The van der Waals surface area contributed by atoms with Crippen molar-refractivity contribution in [1.82, 2.24) is 20.1 Å². The molecule has 1 atom stereocenters. The Bertz CT molecular complexity index is 1210. The number of ether oxygens (including phenoxy) is 1. The van der Waals surface area contributed by atoms with Crippen LogP contribution in [0.3, 0.4) is 0 Å². The van der Waals surface area contributed by atoms with Crippen molar-refractivity contribution < 1.29 is 23.5 Å². The molecule has 0 radical (unpaired) electrons. The van der Waals surface area contributed by atoms with Crippen molar-refractivity contribution in [1.29, 1.82) is 0 Å². The highest BCUT2D eigenvalue weighted by Gasteiger charge is 2.49. The minimum Gasteiger partial charge on any atom is -0.497 e. The summed E-state index contributed by atoms with van der Waals surface area (Å²) < 4.78 is 11.1. The Labute approximate surface area is 196 Å². The van der Waals surface area contributed by atoms with Crippen molar-refractivity contribution in [2.45, 2.75) is 31.2 Å². The molecule has 2 aromatic carbocycles. The molecule has 2 saturated heterocycles. The predicted octanol–water partition coefficient (Wildman–Crippen LogP) is 3.01. The van der Waals surface area contributed by atoms with Crippen LogP contribution < -0.4 is 10.1 Å². The number of likely N-dealkylation sites (tertiary alicyclic amines) is 1. The average molecular weight is 463 g/mol. The summed E-state index contributed by atoms with van der Waals surface area (Å²) >= 11 is 0. The summed E-state index contributed by atoms with van der Waals surface area (Å²) in [5, 5.41) is 2.74. The number of aromatic nitrogens is 1. The SMILES string of the molecule is COc1ccc([C@@]2(C)NC(=O)N(CC(=O)N3CCC(c4nc5ccccc5o4)CC3)C2=O)cc1. The molecule has 2 fully saturated rings. The zero-order valence-corrected chi connectivity index (χ0v) is 19.1. The number of imide groups is 1. The van der Waals surface area contributed by atoms with Gasteiger partial charge in [-0.15, -0.1) is 0 Å². The number of urea groups is 1. The second kappa shape index (κ2) is 8.48. The molecule has 5 rings (SSSR count). The molecule has 176 valence electrons. The molecule has 34 heavy (non-hydrogen) atoms. The molecule has 9 heteroatoms. The second-order valence-corrected chi connectivity index (χ2v) is 8.85. The first kappa shape index (κ1) is 21.9. The van der Waals surface area contributed by atoms with Crippen LogP contribution in [-0.4, -0.2) is 59.4 Å². The van der Waals surface area contributed by atoms with Gasteiger partial charge < -0.3 is 19.4 Å². The van der Waals surface area contributed by atoms with Gasteiger partial charge in [-0.1, -0.05) is 24.3 Å². The smallest absolute Gasteiger partial charge is 0.325 e. The number of carbonyl (C=O) groups is 3. The van der Waals surface area contributed by atoms with Crippen LogP contribution in [0.15, 0.2) is 52.9 Å². The van der Waals surface area contributed by atoms with Gasteiger partial charge in [-0.25, -0.2) is 9.78 Å². The lowest BCUT2D eigenvalue weighted by molar-refractivity contribution is -0.139. The van der Waals surface area contributed by atoms with Crippen LogP contribution in [0, 0.1) is 0 Å². The van der Waals surface area contributed by atoms with Crippen LogP contribution in [0.2, 0.25) is 0 Å². The monoisotopic (exact) mass is 462 g/mol. The van der Waals surface area contributed by atoms with E-state index in [0.717, 1.165) is 16.0 Å². The van der Waals surface area contributed by atoms with Gasteiger partial charge in [0.05, 0.1) is 7.11 Å². The first-order chi connectivity index (χ1) is 16.4. The van der Waals surface area contributed by atoms with Gasteiger partial charge >= 0.3 is 6.03 Å². The van der Waals surface area contributed by atoms with Crippen LogP contribution in [0.25, 0.3) is 11.1 Å². The fraction of sp³-hybridized carbons (Fsp3) is 0.360. The molecule has 3 aromatic rings. The molecular weight excluding hydrogens is 436 g/mol. The molecular formula is C25H26N4O5. The van der Waals surface area contributed by atoms with Crippen molar-refractivity contribution in [2.75, 3.05) is 26.7 Å². The van der Waals surface area contributed by atoms with Gasteiger partial charge in [-0.2, -0.15) is 0 Å². The Hall–Kier alpha value is -3.88. The van der Waals surface area contributed by atoms with E-state index in [2.05, 4.69) is 10.3 Å². The van der Waals surface area contributed by atoms with E-state index >= 15 is 0 Å². The van der Waals surface area contributed by atoms with E-state index in [0.29, 0.717) is 43.1 Å². The van der Waals surface area contributed by atoms with Crippen LogP contribution in [-0.2, 0) is 15.1 Å². The number of methoxy groups -OCH3 is 1. The van der Waals surface area contributed by atoms with E-state index in [1.54, 1.807) is 43.2 Å². The quantitative estimate of drug-likeness (QED) is 0.585. The molecule has 1 aromatic heterocycles. The number of carbonyl (C=O) groups excluding carboxylic acids is 3. The van der Waals surface area contributed by atoms with Crippen LogP contribution in [0.4, 0.5) is 4.79 Å². The summed E-state index contributed by atoms with van der Waals surface area (Å²) in [6.45, 7) is 2.39. The summed E-state index contributed by atoms with van der Waals surface area (Å²) in [5.41, 5.74) is 0.980. The van der Waals surface area contributed by atoms with Crippen molar-refractivity contribution in [3.8, 4) is 5.75 Å². The third kappa shape index (κ3) is 3.76. The lowest BCUT2D eigenvalue weighted by Gasteiger charge is -2.31. The molecule has 0 bridgehead atoms. The van der Waals surface area contributed by atoms with Gasteiger partial charge in [0, 0.05) is 19.0 Å². The number of nitrogens with one attached hydrogen (secondary N) is 1. The Morgan fingerprint density at radius 1 is 1.15 bits per heavy atom. The van der Waals surface area contributed by atoms with E-state index in [1.165, 1.54) is 0 Å². The van der Waals surface area contributed by atoms with Crippen LogP contribution in [0.1, 0.15) is 37.1 Å².